The zero-order chi connectivity index (χ0) is 10.8. The quantitative estimate of drug-likeness (QED) is 0.741. The van der Waals surface area contributed by atoms with Crippen molar-refractivity contribution in [3.8, 4) is 5.75 Å². The molecule has 3 rings (SSSR count). The van der Waals surface area contributed by atoms with E-state index in [9.17, 15) is 0 Å². The molecule has 3 nitrogen and oxygen atoms in total. The monoisotopic (exact) mass is 251 g/mol. The van der Waals surface area contributed by atoms with Crippen LogP contribution in [-0.2, 0) is 0 Å². The van der Waals surface area contributed by atoms with Crippen molar-refractivity contribution < 1.29 is 17.1 Å². The molecule has 1 fully saturated rings. The average Bonchev–Trinajstić information content (AvgIpc) is 3.04. The van der Waals surface area contributed by atoms with E-state index in [1.807, 2.05) is 6.07 Å². The van der Waals surface area contributed by atoms with Gasteiger partial charge in [0.25, 0.3) is 0 Å². The second-order valence-corrected chi connectivity index (χ2v) is 4.36. The molecule has 0 amide bonds. The van der Waals surface area contributed by atoms with Gasteiger partial charge in [0.1, 0.15) is 18.2 Å². The molecule has 17 heavy (non-hydrogen) atoms. The molecule has 0 radical (unpaired) electrons. The number of nitrogens with zero attached hydrogens (tertiary/aromatic N) is 1. The van der Waals surface area contributed by atoms with Gasteiger partial charge in [0.05, 0.1) is 6.54 Å². The highest BCUT2D eigenvalue weighted by atomic mass is 35.5. The lowest BCUT2D eigenvalue weighted by Crippen LogP contribution is -3.00. The van der Waals surface area contributed by atoms with E-state index in [1.54, 1.807) is 0 Å². The normalized spacial score (nSPS) is 18.0. The van der Waals surface area contributed by atoms with Gasteiger partial charge in [0.15, 0.2) is 0 Å². The maximum Gasteiger partial charge on any atom is 0.145 e. The summed E-state index contributed by atoms with van der Waals surface area (Å²) in [4.78, 5) is 4.32. The van der Waals surface area contributed by atoms with Crippen molar-refractivity contribution in [3.63, 3.8) is 0 Å². The molecule has 1 N–H and O–H groups in total. The standard InChI is InChI=1S/C13H16N2O.ClH/c1-2-4-12(11(3-1)10-5-6-10)16-9-13-14-7-8-15-13;/h1-4,10H,5-9H2,(H,14,15);1H/p-1. The smallest absolute Gasteiger partial charge is 0.145 e. The zero-order valence-electron chi connectivity index (χ0n) is 9.66. The summed E-state index contributed by atoms with van der Waals surface area (Å²) in [6, 6.07) is 8.36. The van der Waals surface area contributed by atoms with E-state index in [1.165, 1.54) is 18.4 Å². The number of hydrogen-bond acceptors (Lipinski definition) is 3. The van der Waals surface area contributed by atoms with Gasteiger partial charge in [-0.25, -0.2) is 0 Å². The first kappa shape index (κ1) is 12.2. The number of rotatable bonds is 4. The molecule has 0 atom stereocenters. The summed E-state index contributed by atoms with van der Waals surface area (Å²) < 4.78 is 5.83. The van der Waals surface area contributed by atoms with Crippen LogP contribution in [0.15, 0.2) is 29.3 Å². The summed E-state index contributed by atoms with van der Waals surface area (Å²) in [5, 5.41) is 3.22. The minimum atomic E-state index is 0. The Morgan fingerprint density at radius 1 is 1.29 bits per heavy atom. The Balaban J connectivity index is 0.00000108. The molecule has 1 saturated carbocycles. The van der Waals surface area contributed by atoms with Crippen LogP contribution in [0.25, 0.3) is 0 Å². The van der Waals surface area contributed by atoms with Crippen LogP contribution in [0.2, 0.25) is 0 Å². The van der Waals surface area contributed by atoms with E-state index in [2.05, 4.69) is 28.5 Å². The zero-order valence-corrected chi connectivity index (χ0v) is 10.4. The predicted molar refractivity (Wildman–Crippen MR) is 64.2 cm³/mol. The van der Waals surface area contributed by atoms with Gasteiger partial charge in [-0.3, -0.25) is 4.99 Å². The van der Waals surface area contributed by atoms with Gasteiger partial charge in [0.2, 0.25) is 0 Å². The van der Waals surface area contributed by atoms with Crippen molar-refractivity contribution in [2.45, 2.75) is 18.8 Å². The van der Waals surface area contributed by atoms with Gasteiger partial charge in [0, 0.05) is 6.54 Å². The lowest BCUT2D eigenvalue weighted by molar-refractivity contribution is -0.00000362. The Hall–Kier alpha value is -1.22. The van der Waals surface area contributed by atoms with Gasteiger partial charge in [-0.15, -0.1) is 0 Å². The molecule has 92 valence electrons. The minimum absolute atomic E-state index is 0. The molecule has 0 aromatic heterocycles. The first-order chi connectivity index (χ1) is 7.93. The maximum absolute atomic E-state index is 5.83. The highest BCUT2D eigenvalue weighted by Crippen LogP contribution is 2.44. The molecular weight excluding hydrogens is 236 g/mol. The van der Waals surface area contributed by atoms with Crippen LogP contribution in [0.1, 0.15) is 24.3 Å². The fraction of sp³-hybridized carbons (Fsp3) is 0.462. The number of para-hydroxylation sites is 1. The lowest BCUT2D eigenvalue weighted by Gasteiger charge is -2.10. The van der Waals surface area contributed by atoms with Gasteiger partial charge in [-0.05, 0) is 30.4 Å². The first-order valence-corrected chi connectivity index (χ1v) is 5.92. The fourth-order valence-electron chi connectivity index (χ4n) is 2.03. The Morgan fingerprint density at radius 3 is 2.82 bits per heavy atom. The summed E-state index contributed by atoms with van der Waals surface area (Å²) in [7, 11) is 0. The van der Waals surface area contributed by atoms with E-state index in [0.29, 0.717) is 6.61 Å². The number of hydrogen-bond donors (Lipinski definition) is 1. The molecule has 1 heterocycles. The summed E-state index contributed by atoms with van der Waals surface area (Å²) >= 11 is 0. The molecule has 1 aliphatic heterocycles. The second-order valence-electron chi connectivity index (χ2n) is 4.36. The molecule has 4 heteroatoms. The van der Waals surface area contributed by atoms with Crippen LogP contribution in [-0.4, -0.2) is 25.5 Å². The molecule has 0 bridgehead atoms. The van der Waals surface area contributed by atoms with Crippen LogP contribution in [0.5, 0.6) is 5.75 Å². The van der Waals surface area contributed by atoms with Crippen molar-refractivity contribution in [1.82, 2.24) is 5.32 Å². The number of ether oxygens (including phenoxy) is 1. The lowest BCUT2D eigenvalue weighted by atomic mass is 10.1. The predicted octanol–water partition coefficient (Wildman–Crippen LogP) is -1.05. The average molecular weight is 252 g/mol. The van der Waals surface area contributed by atoms with Gasteiger partial charge in [-0.1, -0.05) is 18.2 Å². The summed E-state index contributed by atoms with van der Waals surface area (Å²) in [5.74, 6) is 2.74. The third kappa shape index (κ3) is 2.91. The van der Waals surface area contributed by atoms with Crippen molar-refractivity contribution in [3.05, 3.63) is 29.8 Å². The second kappa shape index (κ2) is 5.41. The van der Waals surface area contributed by atoms with Gasteiger partial charge < -0.3 is 22.5 Å². The van der Waals surface area contributed by atoms with E-state index in [0.717, 1.165) is 30.6 Å². The third-order valence-electron chi connectivity index (χ3n) is 3.04. The maximum atomic E-state index is 5.83. The van der Waals surface area contributed by atoms with E-state index in [4.69, 9.17) is 4.74 Å². The van der Waals surface area contributed by atoms with Crippen LogP contribution in [0.3, 0.4) is 0 Å². The summed E-state index contributed by atoms with van der Waals surface area (Å²) in [5.41, 5.74) is 1.36. The van der Waals surface area contributed by atoms with Crippen LogP contribution >= 0.6 is 0 Å². The first-order valence-electron chi connectivity index (χ1n) is 5.92. The topological polar surface area (TPSA) is 33.6 Å². The number of amidine groups is 1. The van der Waals surface area contributed by atoms with E-state index in [-0.39, 0.29) is 12.4 Å². The number of halogens is 1. The summed E-state index contributed by atoms with van der Waals surface area (Å²) in [6.07, 6.45) is 2.61. The van der Waals surface area contributed by atoms with Crippen molar-refractivity contribution >= 4 is 5.84 Å². The minimum Gasteiger partial charge on any atom is -1.00 e. The number of nitrogens with one attached hydrogen (secondary N) is 1. The Bertz CT molecular complexity index is 416. The van der Waals surface area contributed by atoms with Gasteiger partial charge in [-0.2, -0.15) is 0 Å². The van der Waals surface area contributed by atoms with Crippen LogP contribution < -0.4 is 22.5 Å². The molecule has 2 aliphatic rings. The Kier molecular flexibility index (Phi) is 3.89. The van der Waals surface area contributed by atoms with Crippen molar-refractivity contribution in [2.24, 2.45) is 4.99 Å². The van der Waals surface area contributed by atoms with Crippen LogP contribution in [0, 0.1) is 0 Å². The molecule has 0 spiro atoms. The summed E-state index contributed by atoms with van der Waals surface area (Å²) in [6.45, 7) is 2.40. The van der Waals surface area contributed by atoms with E-state index >= 15 is 0 Å². The molecular formula is C13H16ClN2O-. The van der Waals surface area contributed by atoms with Crippen LogP contribution in [0.4, 0.5) is 0 Å². The fourth-order valence-corrected chi connectivity index (χ4v) is 2.03. The Morgan fingerprint density at radius 2 is 2.12 bits per heavy atom. The number of aliphatic imine (C=N–C) groups is 1. The highest BCUT2D eigenvalue weighted by molar-refractivity contribution is 5.85. The SMILES string of the molecule is [Cl-].c1ccc(C2CC2)c(OCC2=NCCN2)c1. The van der Waals surface area contributed by atoms with Crippen molar-refractivity contribution in [2.75, 3.05) is 19.7 Å². The molecule has 0 unspecified atom stereocenters. The molecule has 1 aliphatic carbocycles. The molecule has 1 aromatic rings. The molecule has 0 saturated heterocycles. The number of benzene rings is 1. The Labute approximate surface area is 108 Å². The largest absolute Gasteiger partial charge is 1.00 e. The van der Waals surface area contributed by atoms with E-state index < -0.39 is 0 Å². The highest BCUT2D eigenvalue weighted by Gasteiger charge is 2.26. The molecule has 1 aromatic carbocycles. The van der Waals surface area contributed by atoms with Gasteiger partial charge >= 0.3 is 0 Å². The van der Waals surface area contributed by atoms with Crippen molar-refractivity contribution in [1.29, 1.82) is 0 Å². The third-order valence-corrected chi connectivity index (χ3v) is 3.04.